The molecule has 25 heavy (non-hydrogen) atoms. The molecule has 0 spiro atoms. The molecule has 0 saturated carbocycles. The molecule has 1 aromatic heterocycles. The van der Waals surface area contributed by atoms with Crippen LogP contribution in [0, 0.1) is 24.0 Å². The second-order valence-electron chi connectivity index (χ2n) is 5.73. The van der Waals surface area contributed by atoms with Crippen LogP contribution in [0.2, 0.25) is 5.02 Å². The molecule has 0 saturated heterocycles. The number of aryl methyl sites for hydroxylation is 2. The summed E-state index contributed by atoms with van der Waals surface area (Å²) in [5.41, 5.74) is 2.90. The third-order valence-electron chi connectivity index (χ3n) is 3.75. The Kier molecular flexibility index (Phi) is 4.41. The molecule has 1 heterocycles. The van der Waals surface area contributed by atoms with E-state index in [1.165, 1.54) is 18.2 Å². The average Bonchev–Trinajstić information content (AvgIpc) is 2.91. The number of nitrogens with zero attached hydrogens (tertiary/aromatic N) is 2. The average molecular weight is 360 g/mol. The molecule has 0 unspecified atom stereocenters. The molecule has 3 rings (SSSR count). The van der Waals surface area contributed by atoms with Crippen molar-refractivity contribution in [1.82, 2.24) is 5.16 Å². The number of rotatable bonds is 4. The molecule has 0 fully saturated rings. The van der Waals surface area contributed by atoms with E-state index in [4.69, 9.17) is 16.1 Å². The number of amides is 1. The Morgan fingerprint density at radius 3 is 2.80 bits per heavy atom. The second-order valence-corrected chi connectivity index (χ2v) is 6.16. The number of anilines is 1. The second kappa shape index (κ2) is 6.52. The molecule has 0 aliphatic carbocycles. The first-order chi connectivity index (χ1) is 11.8. The number of fused-ring (bicyclic) bond motifs is 1. The summed E-state index contributed by atoms with van der Waals surface area (Å²) in [4.78, 5) is 22.8. The van der Waals surface area contributed by atoms with Crippen LogP contribution in [0.15, 0.2) is 34.9 Å². The van der Waals surface area contributed by atoms with E-state index in [0.29, 0.717) is 11.3 Å². The lowest BCUT2D eigenvalue weighted by molar-refractivity contribution is -0.383. The van der Waals surface area contributed by atoms with Gasteiger partial charge in [-0.15, -0.1) is 0 Å². The number of halogens is 1. The number of nitrogens with one attached hydrogen (secondary N) is 1. The molecule has 3 aromatic rings. The largest absolute Gasteiger partial charge is 0.356 e. The van der Waals surface area contributed by atoms with Gasteiger partial charge in [-0.2, -0.15) is 0 Å². The first-order valence-corrected chi connectivity index (χ1v) is 7.82. The minimum atomic E-state index is -0.597. The zero-order chi connectivity index (χ0) is 18.1. The highest BCUT2D eigenvalue weighted by Crippen LogP contribution is 2.28. The molecule has 0 aliphatic rings. The normalized spacial score (nSPS) is 10.8. The van der Waals surface area contributed by atoms with Crippen molar-refractivity contribution in [2.45, 2.75) is 20.3 Å². The molecule has 8 heteroatoms. The van der Waals surface area contributed by atoms with Gasteiger partial charge in [0.15, 0.2) is 5.58 Å². The van der Waals surface area contributed by atoms with E-state index >= 15 is 0 Å². The summed E-state index contributed by atoms with van der Waals surface area (Å²) in [7, 11) is 0. The van der Waals surface area contributed by atoms with Gasteiger partial charge in [0, 0.05) is 16.5 Å². The Labute approximate surface area is 147 Å². The van der Waals surface area contributed by atoms with Crippen LogP contribution in [0.1, 0.15) is 16.8 Å². The maximum absolute atomic E-state index is 12.3. The molecular weight excluding hydrogens is 346 g/mol. The Morgan fingerprint density at radius 2 is 2.08 bits per heavy atom. The first kappa shape index (κ1) is 16.9. The van der Waals surface area contributed by atoms with Crippen LogP contribution in [0.25, 0.3) is 11.0 Å². The highest BCUT2D eigenvalue weighted by atomic mass is 35.5. The predicted octanol–water partition coefficient (Wildman–Crippen LogP) is 4.19. The molecule has 0 radical (unpaired) electrons. The minimum Gasteiger partial charge on any atom is -0.356 e. The number of carbonyl (C=O) groups excluding carboxylic acids is 1. The van der Waals surface area contributed by atoms with Crippen molar-refractivity contribution >= 4 is 39.9 Å². The SMILES string of the molecule is Cc1cc(C)c2c(CC(=O)Nc3ccc(Cl)cc3[N+](=O)[O-])noc2c1. The molecular formula is C17H14ClN3O4. The van der Waals surface area contributed by atoms with Crippen LogP contribution in [0.4, 0.5) is 11.4 Å². The van der Waals surface area contributed by atoms with Gasteiger partial charge in [-0.3, -0.25) is 14.9 Å². The fourth-order valence-corrected chi connectivity index (χ4v) is 2.92. The van der Waals surface area contributed by atoms with Gasteiger partial charge in [0.1, 0.15) is 11.4 Å². The Bertz CT molecular complexity index is 997. The molecule has 0 aliphatic heterocycles. The van der Waals surface area contributed by atoms with Gasteiger partial charge in [0.05, 0.1) is 11.3 Å². The van der Waals surface area contributed by atoms with E-state index in [2.05, 4.69) is 10.5 Å². The van der Waals surface area contributed by atoms with Crippen LogP contribution in [0.5, 0.6) is 0 Å². The van der Waals surface area contributed by atoms with Crippen molar-refractivity contribution in [3.8, 4) is 0 Å². The Hall–Kier alpha value is -2.93. The highest BCUT2D eigenvalue weighted by molar-refractivity contribution is 6.31. The van der Waals surface area contributed by atoms with Gasteiger partial charge < -0.3 is 9.84 Å². The fourth-order valence-electron chi connectivity index (χ4n) is 2.75. The number of hydrogen-bond acceptors (Lipinski definition) is 5. The third-order valence-corrected chi connectivity index (χ3v) is 3.98. The maximum atomic E-state index is 12.3. The minimum absolute atomic E-state index is 0.0588. The lowest BCUT2D eigenvalue weighted by atomic mass is 10.0. The number of aromatic nitrogens is 1. The number of hydrogen-bond donors (Lipinski definition) is 1. The van der Waals surface area contributed by atoms with Crippen LogP contribution in [-0.2, 0) is 11.2 Å². The number of nitro benzene ring substituents is 1. The third kappa shape index (κ3) is 3.46. The molecule has 1 amide bonds. The van der Waals surface area contributed by atoms with Gasteiger partial charge >= 0.3 is 0 Å². The zero-order valence-corrected chi connectivity index (χ0v) is 14.3. The van der Waals surface area contributed by atoms with E-state index in [1.807, 2.05) is 26.0 Å². The zero-order valence-electron chi connectivity index (χ0n) is 13.5. The number of carbonyl (C=O) groups is 1. The van der Waals surface area contributed by atoms with Crippen molar-refractivity contribution < 1.29 is 14.2 Å². The first-order valence-electron chi connectivity index (χ1n) is 7.44. The number of nitro groups is 1. The summed E-state index contributed by atoms with van der Waals surface area (Å²) >= 11 is 5.77. The van der Waals surface area contributed by atoms with Gasteiger partial charge in [-0.25, -0.2) is 0 Å². The molecule has 2 aromatic carbocycles. The summed E-state index contributed by atoms with van der Waals surface area (Å²) in [6.45, 7) is 3.86. The van der Waals surface area contributed by atoms with Crippen LogP contribution < -0.4 is 5.32 Å². The number of benzene rings is 2. The fraction of sp³-hybridized carbons (Fsp3) is 0.176. The van der Waals surface area contributed by atoms with Crippen LogP contribution >= 0.6 is 11.6 Å². The summed E-state index contributed by atoms with van der Waals surface area (Å²) in [6, 6.07) is 7.89. The molecule has 128 valence electrons. The Balaban J connectivity index is 1.86. The standard InChI is InChI=1S/C17H14ClN3O4/c1-9-5-10(2)17-13(20-25-15(17)6-9)8-16(22)19-12-4-3-11(18)7-14(12)21(23)24/h3-7H,8H2,1-2H3,(H,19,22). The van der Waals surface area contributed by atoms with E-state index in [-0.39, 0.29) is 22.8 Å². The van der Waals surface area contributed by atoms with Gasteiger partial charge in [-0.05, 0) is 43.2 Å². The quantitative estimate of drug-likeness (QED) is 0.556. The lowest BCUT2D eigenvalue weighted by Gasteiger charge is -2.06. The van der Waals surface area contributed by atoms with Gasteiger partial charge in [0.25, 0.3) is 5.69 Å². The maximum Gasteiger partial charge on any atom is 0.294 e. The summed E-state index contributed by atoms with van der Waals surface area (Å²) in [5, 5.41) is 18.6. The van der Waals surface area contributed by atoms with Crippen molar-refractivity contribution in [1.29, 1.82) is 0 Å². The van der Waals surface area contributed by atoms with Crippen molar-refractivity contribution in [3.05, 3.63) is 62.3 Å². The highest BCUT2D eigenvalue weighted by Gasteiger charge is 2.19. The summed E-state index contributed by atoms with van der Waals surface area (Å²) in [5.74, 6) is -0.430. The lowest BCUT2D eigenvalue weighted by Crippen LogP contribution is -2.15. The van der Waals surface area contributed by atoms with E-state index in [9.17, 15) is 14.9 Å². The summed E-state index contributed by atoms with van der Waals surface area (Å²) in [6.07, 6.45) is -0.0588. The van der Waals surface area contributed by atoms with E-state index < -0.39 is 10.8 Å². The van der Waals surface area contributed by atoms with Crippen LogP contribution in [0.3, 0.4) is 0 Å². The molecule has 0 atom stereocenters. The van der Waals surface area contributed by atoms with E-state index in [0.717, 1.165) is 16.5 Å². The van der Waals surface area contributed by atoms with Crippen molar-refractivity contribution in [3.63, 3.8) is 0 Å². The molecule has 7 nitrogen and oxygen atoms in total. The van der Waals surface area contributed by atoms with Gasteiger partial charge in [-0.1, -0.05) is 22.8 Å². The van der Waals surface area contributed by atoms with Crippen LogP contribution in [-0.4, -0.2) is 16.0 Å². The summed E-state index contributed by atoms with van der Waals surface area (Å²) < 4.78 is 5.28. The smallest absolute Gasteiger partial charge is 0.294 e. The predicted molar refractivity (Wildman–Crippen MR) is 93.9 cm³/mol. The van der Waals surface area contributed by atoms with Crippen molar-refractivity contribution in [2.75, 3.05) is 5.32 Å². The van der Waals surface area contributed by atoms with Crippen molar-refractivity contribution in [2.24, 2.45) is 0 Å². The monoisotopic (exact) mass is 359 g/mol. The molecule has 0 bridgehead atoms. The van der Waals surface area contributed by atoms with Gasteiger partial charge in [0.2, 0.25) is 5.91 Å². The Morgan fingerprint density at radius 1 is 1.32 bits per heavy atom. The molecule has 1 N–H and O–H groups in total. The van der Waals surface area contributed by atoms with E-state index in [1.54, 1.807) is 0 Å². The topological polar surface area (TPSA) is 98.3 Å².